The van der Waals surface area contributed by atoms with Gasteiger partial charge in [-0.2, -0.15) is 0 Å². The van der Waals surface area contributed by atoms with Crippen LogP contribution in [0.5, 0.6) is 0 Å². The van der Waals surface area contributed by atoms with Crippen molar-refractivity contribution in [3.8, 4) is 0 Å². The van der Waals surface area contributed by atoms with E-state index in [2.05, 4.69) is 4.98 Å². The van der Waals surface area contributed by atoms with Gasteiger partial charge in [0.2, 0.25) is 10.0 Å². The standard InChI is InChI=1S/C12H13F2N3O2S.ClH/c13-12(14,7-15)8-17-20(18,19)11-5-1-4-10-9(11)3-2-6-16-10;/h1-6,17H,7-8,15H2;1H. The van der Waals surface area contributed by atoms with E-state index < -0.39 is 29.0 Å². The fourth-order valence-electron chi connectivity index (χ4n) is 1.66. The maximum absolute atomic E-state index is 13.0. The number of hydrogen-bond acceptors (Lipinski definition) is 4. The third kappa shape index (κ3) is 4.07. The summed E-state index contributed by atoms with van der Waals surface area (Å²) in [5, 5.41) is 0.374. The molecule has 1 aromatic carbocycles. The molecule has 0 spiro atoms. The number of nitrogens with zero attached hydrogens (tertiary/aromatic N) is 1. The lowest BCUT2D eigenvalue weighted by Gasteiger charge is -2.15. The Morgan fingerprint density at radius 2 is 1.95 bits per heavy atom. The summed E-state index contributed by atoms with van der Waals surface area (Å²) >= 11 is 0. The largest absolute Gasteiger partial charge is 0.325 e. The van der Waals surface area contributed by atoms with Gasteiger partial charge in [0.25, 0.3) is 5.92 Å². The van der Waals surface area contributed by atoms with Crippen molar-refractivity contribution in [3.05, 3.63) is 36.5 Å². The molecule has 0 bridgehead atoms. The molecule has 0 unspecified atom stereocenters. The van der Waals surface area contributed by atoms with Crippen LogP contribution in [0.15, 0.2) is 41.4 Å². The molecule has 21 heavy (non-hydrogen) atoms. The minimum Gasteiger partial charge on any atom is -0.325 e. The van der Waals surface area contributed by atoms with Gasteiger partial charge in [-0.15, -0.1) is 12.4 Å². The van der Waals surface area contributed by atoms with Crippen LogP contribution in [0.4, 0.5) is 8.78 Å². The lowest BCUT2D eigenvalue weighted by molar-refractivity contribution is 0.0170. The first-order valence-electron chi connectivity index (χ1n) is 5.77. The van der Waals surface area contributed by atoms with E-state index in [0.717, 1.165) is 0 Å². The number of fused-ring (bicyclic) bond motifs is 1. The fraction of sp³-hybridized carbons (Fsp3) is 0.250. The molecule has 0 saturated carbocycles. The summed E-state index contributed by atoms with van der Waals surface area (Å²) in [5.74, 6) is -3.28. The average Bonchev–Trinajstić information content (AvgIpc) is 2.45. The van der Waals surface area contributed by atoms with Crippen molar-refractivity contribution < 1.29 is 17.2 Å². The van der Waals surface area contributed by atoms with E-state index in [9.17, 15) is 17.2 Å². The molecule has 0 fully saturated rings. The van der Waals surface area contributed by atoms with E-state index in [1.165, 1.54) is 18.3 Å². The van der Waals surface area contributed by atoms with Crippen LogP contribution in [-0.2, 0) is 10.0 Å². The van der Waals surface area contributed by atoms with E-state index >= 15 is 0 Å². The Labute approximate surface area is 127 Å². The van der Waals surface area contributed by atoms with Crippen LogP contribution in [0.25, 0.3) is 10.9 Å². The number of alkyl halides is 2. The highest BCUT2D eigenvalue weighted by molar-refractivity contribution is 7.89. The molecule has 0 radical (unpaired) electrons. The van der Waals surface area contributed by atoms with E-state index in [0.29, 0.717) is 10.9 Å². The van der Waals surface area contributed by atoms with Crippen LogP contribution in [0.2, 0.25) is 0 Å². The maximum atomic E-state index is 13.0. The fourth-order valence-corrected chi connectivity index (χ4v) is 2.94. The first-order valence-corrected chi connectivity index (χ1v) is 7.25. The second-order valence-electron chi connectivity index (χ2n) is 4.21. The molecule has 2 rings (SSSR count). The van der Waals surface area contributed by atoms with Crippen LogP contribution >= 0.6 is 12.4 Å². The van der Waals surface area contributed by atoms with Gasteiger partial charge in [0.1, 0.15) is 0 Å². The van der Waals surface area contributed by atoms with Gasteiger partial charge >= 0.3 is 0 Å². The SMILES string of the molecule is Cl.NCC(F)(F)CNS(=O)(=O)c1cccc2ncccc12. The maximum Gasteiger partial charge on any atom is 0.273 e. The van der Waals surface area contributed by atoms with Gasteiger partial charge in [0, 0.05) is 11.6 Å². The van der Waals surface area contributed by atoms with Crippen molar-refractivity contribution in [2.24, 2.45) is 5.73 Å². The zero-order valence-electron chi connectivity index (χ0n) is 10.8. The Balaban J connectivity index is 0.00000220. The van der Waals surface area contributed by atoms with Crippen LogP contribution < -0.4 is 10.5 Å². The molecule has 0 aliphatic heterocycles. The number of sulfonamides is 1. The second kappa shape index (κ2) is 6.61. The van der Waals surface area contributed by atoms with Crippen LogP contribution in [-0.4, -0.2) is 32.4 Å². The molecule has 0 amide bonds. The smallest absolute Gasteiger partial charge is 0.273 e. The van der Waals surface area contributed by atoms with Crippen molar-refractivity contribution in [2.45, 2.75) is 10.8 Å². The summed E-state index contributed by atoms with van der Waals surface area (Å²) in [6, 6.07) is 7.63. The van der Waals surface area contributed by atoms with Crippen molar-refractivity contribution >= 4 is 33.3 Å². The molecule has 1 aromatic heterocycles. The number of nitrogens with two attached hydrogens (primary N) is 1. The second-order valence-corrected chi connectivity index (χ2v) is 5.95. The Hall–Kier alpha value is -1.35. The topological polar surface area (TPSA) is 85.1 Å². The molecular weight excluding hydrogens is 324 g/mol. The number of hydrogen-bond donors (Lipinski definition) is 2. The number of pyridine rings is 1. The molecular formula is C12H14ClF2N3O2S. The lowest BCUT2D eigenvalue weighted by Crippen LogP contribution is -2.41. The van der Waals surface area contributed by atoms with E-state index in [1.807, 2.05) is 4.72 Å². The normalized spacial score (nSPS) is 12.1. The average molecular weight is 338 g/mol. The number of aromatic nitrogens is 1. The first kappa shape index (κ1) is 17.7. The van der Waals surface area contributed by atoms with Crippen molar-refractivity contribution in [1.29, 1.82) is 0 Å². The van der Waals surface area contributed by atoms with Gasteiger partial charge in [-0.1, -0.05) is 6.07 Å². The minimum absolute atomic E-state index is 0. The third-order valence-electron chi connectivity index (χ3n) is 2.71. The zero-order chi connectivity index (χ0) is 14.8. The predicted molar refractivity (Wildman–Crippen MR) is 78.2 cm³/mol. The first-order chi connectivity index (χ1) is 9.36. The summed E-state index contributed by atoms with van der Waals surface area (Å²) in [6.07, 6.45) is 1.52. The molecule has 0 aliphatic carbocycles. The van der Waals surface area contributed by atoms with E-state index in [-0.39, 0.29) is 17.3 Å². The third-order valence-corrected chi connectivity index (χ3v) is 4.17. The summed E-state index contributed by atoms with van der Waals surface area (Å²) in [4.78, 5) is 3.93. The minimum atomic E-state index is -4.06. The predicted octanol–water partition coefficient (Wildman–Crippen LogP) is 1.53. The van der Waals surface area contributed by atoms with Crippen molar-refractivity contribution in [3.63, 3.8) is 0 Å². The summed E-state index contributed by atoms with van der Waals surface area (Å²) in [7, 11) is -4.06. The zero-order valence-corrected chi connectivity index (χ0v) is 12.4. The van der Waals surface area contributed by atoms with Crippen molar-refractivity contribution in [1.82, 2.24) is 9.71 Å². The van der Waals surface area contributed by atoms with Crippen molar-refractivity contribution in [2.75, 3.05) is 13.1 Å². The lowest BCUT2D eigenvalue weighted by atomic mass is 10.2. The highest BCUT2D eigenvalue weighted by Gasteiger charge is 2.29. The summed E-state index contributed by atoms with van der Waals surface area (Å²) in [5.41, 5.74) is 5.34. The Morgan fingerprint density at radius 1 is 1.24 bits per heavy atom. The number of rotatable bonds is 5. The van der Waals surface area contributed by atoms with Crippen LogP contribution in [0, 0.1) is 0 Å². The Kier molecular flexibility index (Phi) is 5.57. The van der Waals surface area contributed by atoms with Crippen LogP contribution in [0.1, 0.15) is 0 Å². The number of benzene rings is 1. The molecule has 0 saturated heterocycles. The van der Waals surface area contributed by atoms with E-state index in [4.69, 9.17) is 5.73 Å². The molecule has 1 heterocycles. The molecule has 5 nitrogen and oxygen atoms in total. The highest BCUT2D eigenvalue weighted by Crippen LogP contribution is 2.21. The molecule has 2 aromatic rings. The summed E-state index contributed by atoms with van der Waals surface area (Å²) < 4.78 is 52.2. The van der Waals surface area contributed by atoms with Gasteiger partial charge in [-0.25, -0.2) is 21.9 Å². The molecule has 0 aliphatic rings. The molecule has 0 atom stereocenters. The van der Waals surface area contributed by atoms with Gasteiger partial charge in [0.05, 0.1) is 23.5 Å². The van der Waals surface area contributed by atoms with Gasteiger partial charge in [-0.05, 0) is 24.3 Å². The monoisotopic (exact) mass is 337 g/mol. The van der Waals surface area contributed by atoms with Gasteiger partial charge < -0.3 is 5.73 Å². The molecule has 116 valence electrons. The Morgan fingerprint density at radius 3 is 2.62 bits per heavy atom. The van der Waals surface area contributed by atoms with Crippen LogP contribution in [0.3, 0.4) is 0 Å². The number of halogens is 3. The van der Waals surface area contributed by atoms with Gasteiger partial charge in [-0.3, -0.25) is 4.98 Å². The summed E-state index contributed by atoms with van der Waals surface area (Å²) in [6.45, 7) is -1.96. The molecule has 9 heteroatoms. The highest BCUT2D eigenvalue weighted by atomic mass is 35.5. The van der Waals surface area contributed by atoms with Gasteiger partial charge in [0.15, 0.2) is 0 Å². The van der Waals surface area contributed by atoms with E-state index in [1.54, 1.807) is 18.2 Å². The number of nitrogens with one attached hydrogen (secondary N) is 1. The Bertz CT molecular complexity index is 720. The quantitative estimate of drug-likeness (QED) is 0.866. The molecule has 3 N–H and O–H groups in total.